The van der Waals surface area contributed by atoms with Crippen LogP contribution in [0.15, 0.2) is 48.7 Å². The van der Waals surface area contributed by atoms with Crippen molar-refractivity contribution in [3.05, 3.63) is 69.4 Å². The van der Waals surface area contributed by atoms with E-state index < -0.39 is 4.92 Å². The molecule has 0 fully saturated rings. The number of hydrogen-bond acceptors (Lipinski definition) is 3. The maximum atomic E-state index is 10.8. The minimum Gasteiger partial charge on any atom is -0.362 e. The fourth-order valence-corrected chi connectivity index (χ4v) is 2.92. The Kier molecular flexibility index (Phi) is 5.16. The molecule has 25 heavy (non-hydrogen) atoms. The highest BCUT2D eigenvalue weighted by Crippen LogP contribution is 2.26. The molecule has 0 aliphatic heterocycles. The monoisotopic (exact) mass is 374 g/mol. The summed E-state index contributed by atoms with van der Waals surface area (Å²) in [5, 5.41) is 18.7. The van der Waals surface area contributed by atoms with E-state index in [1.165, 1.54) is 29.1 Å². The SMILES string of the molecule is O=[N+]([O-])c1ccc(Cl)c(NC(=S)NCCc2c[nH]c3ccccc23)c1. The molecule has 0 saturated heterocycles. The van der Waals surface area contributed by atoms with Gasteiger partial charge in [-0.15, -0.1) is 0 Å². The van der Waals surface area contributed by atoms with Crippen molar-refractivity contribution in [1.29, 1.82) is 0 Å². The molecule has 128 valence electrons. The van der Waals surface area contributed by atoms with Crippen LogP contribution in [-0.2, 0) is 6.42 Å². The molecular formula is C17H15ClN4O2S. The van der Waals surface area contributed by atoms with Crippen LogP contribution in [0.1, 0.15) is 5.56 Å². The van der Waals surface area contributed by atoms with Crippen LogP contribution in [0.3, 0.4) is 0 Å². The number of anilines is 1. The van der Waals surface area contributed by atoms with Gasteiger partial charge in [0.15, 0.2) is 5.11 Å². The lowest BCUT2D eigenvalue weighted by atomic mass is 10.1. The molecule has 0 aliphatic carbocycles. The van der Waals surface area contributed by atoms with Crippen molar-refractivity contribution in [3.8, 4) is 0 Å². The summed E-state index contributed by atoms with van der Waals surface area (Å²) in [7, 11) is 0. The fraction of sp³-hybridized carbons (Fsp3) is 0.118. The molecule has 3 rings (SSSR count). The summed E-state index contributed by atoms with van der Waals surface area (Å²) < 4.78 is 0. The van der Waals surface area contributed by atoms with Crippen LogP contribution in [0, 0.1) is 10.1 Å². The third kappa shape index (κ3) is 4.07. The zero-order chi connectivity index (χ0) is 17.8. The highest BCUT2D eigenvalue weighted by molar-refractivity contribution is 7.80. The van der Waals surface area contributed by atoms with Crippen LogP contribution in [0.5, 0.6) is 0 Å². The van der Waals surface area contributed by atoms with Crippen LogP contribution >= 0.6 is 23.8 Å². The number of nitrogens with one attached hydrogen (secondary N) is 3. The van der Waals surface area contributed by atoms with Gasteiger partial charge in [-0.3, -0.25) is 10.1 Å². The van der Waals surface area contributed by atoms with Crippen LogP contribution < -0.4 is 10.6 Å². The highest BCUT2D eigenvalue weighted by Gasteiger charge is 2.11. The molecule has 1 aromatic heterocycles. The second-order valence-corrected chi connectivity index (χ2v) is 6.23. The number of nitrogens with zero attached hydrogens (tertiary/aromatic N) is 1. The Labute approximate surface area is 154 Å². The maximum Gasteiger partial charge on any atom is 0.271 e. The lowest BCUT2D eigenvalue weighted by Crippen LogP contribution is -2.30. The number of hydrogen-bond donors (Lipinski definition) is 3. The molecule has 0 bridgehead atoms. The summed E-state index contributed by atoms with van der Waals surface area (Å²) in [6, 6.07) is 12.3. The summed E-state index contributed by atoms with van der Waals surface area (Å²) in [5.41, 5.74) is 2.65. The summed E-state index contributed by atoms with van der Waals surface area (Å²) in [5.74, 6) is 0. The molecule has 0 unspecified atom stereocenters. The number of rotatable bonds is 5. The number of nitro groups is 1. The van der Waals surface area contributed by atoms with Gasteiger partial charge < -0.3 is 15.6 Å². The molecule has 2 aromatic carbocycles. The molecule has 3 N–H and O–H groups in total. The molecule has 0 saturated carbocycles. The number of benzene rings is 2. The van der Waals surface area contributed by atoms with Crippen molar-refractivity contribution >= 4 is 51.2 Å². The molecule has 0 atom stereocenters. The number of non-ortho nitro benzene ring substituents is 1. The minimum absolute atomic E-state index is 0.0477. The number of aromatic amines is 1. The van der Waals surface area contributed by atoms with Crippen LogP contribution in [0.2, 0.25) is 5.02 Å². The van der Waals surface area contributed by atoms with Crippen molar-refractivity contribution in [3.63, 3.8) is 0 Å². The highest BCUT2D eigenvalue weighted by atomic mass is 35.5. The molecule has 8 heteroatoms. The van der Waals surface area contributed by atoms with Crippen molar-refractivity contribution in [1.82, 2.24) is 10.3 Å². The lowest BCUT2D eigenvalue weighted by molar-refractivity contribution is -0.384. The Hall–Kier alpha value is -2.64. The first kappa shape index (κ1) is 17.2. The molecule has 1 heterocycles. The number of aromatic nitrogens is 1. The van der Waals surface area contributed by atoms with Crippen molar-refractivity contribution in [2.24, 2.45) is 0 Å². The number of thiocarbonyl (C=S) groups is 1. The van der Waals surface area contributed by atoms with Gasteiger partial charge in [-0.1, -0.05) is 29.8 Å². The van der Waals surface area contributed by atoms with E-state index in [0.29, 0.717) is 22.4 Å². The second-order valence-electron chi connectivity index (χ2n) is 5.41. The number of nitro benzene ring substituents is 1. The third-order valence-corrected chi connectivity index (χ3v) is 4.34. The average Bonchev–Trinajstić information content (AvgIpc) is 3.00. The number of halogens is 1. The van der Waals surface area contributed by atoms with Gasteiger partial charge >= 0.3 is 0 Å². The zero-order valence-corrected chi connectivity index (χ0v) is 14.7. The second kappa shape index (κ2) is 7.50. The van der Waals surface area contributed by atoms with Gasteiger partial charge in [-0.2, -0.15) is 0 Å². The van der Waals surface area contributed by atoms with E-state index in [1.54, 1.807) is 0 Å². The first-order valence-corrected chi connectivity index (χ1v) is 8.37. The van der Waals surface area contributed by atoms with Crippen LogP contribution in [-0.4, -0.2) is 21.6 Å². The summed E-state index contributed by atoms with van der Waals surface area (Å²) in [6.45, 7) is 0.625. The van der Waals surface area contributed by atoms with Gasteiger partial charge in [-0.25, -0.2) is 0 Å². The van der Waals surface area contributed by atoms with E-state index in [2.05, 4.69) is 21.7 Å². The van der Waals surface area contributed by atoms with E-state index in [0.717, 1.165) is 11.9 Å². The lowest BCUT2D eigenvalue weighted by Gasteiger charge is -2.11. The normalized spacial score (nSPS) is 10.6. The van der Waals surface area contributed by atoms with Crippen LogP contribution in [0.4, 0.5) is 11.4 Å². The maximum absolute atomic E-state index is 10.8. The van der Waals surface area contributed by atoms with Crippen molar-refractivity contribution in [2.75, 3.05) is 11.9 Å². The first-order chi connectivity index (χ1) is 12.0. The van der Waals surface area contributed by atoms with Gasteiger partial charge in [0.1, 0.15) is 0 Å². The standard InChI is InChI=1S/C17H15ClN4O2S/c18-14-6-5-12(22(23)24)9-16(14)21-17(25)19-8-7-11-10-20-15-4-2-1-3-13(11)15/h1-6,9-10,20H,7-8H2,(H2,19,21,25). The Morgan fingerprint density at radius 1 is 1.28 bits per heavy atom. The van der Waals surface area contributed by atoms with Gasteiger partial charge in [0.2, 0.25) is 0 Å². The summed E-state index contributed by atoms with van der Waals surface area (Å²) >= 11 is 11.3. The summed E-state index contributed by atoms with van der Waals surface area (Å²) in [6.07, 6.45) is 2.77. The molecular weight excluding hydrogens is 360 g/mol. The van der Waals surface area contributed by atoms with Gasteiger partial charge in [-0.05, 0) is 36.3 Å². The first-order valence-electron chi connectivity index (χ1n) is 7.58. The van der Waals surface area contributed by atoms with E-state index in [-0.39, 0.29) is 5.69 Å². The molecule has 0 radical (unpaired) electrons. The van der Waals surface area contributed by atoms with Crippen molar-refractivity contribution in [2.45, 2.75) is 6.42 Å². The van der Waals surface area contributed by atoms with Gasteiger partial charge in [0.05, 0.1) is 15.6 Å². The Morgan fingerprint density at radius 2 is 2.08 bits per heavy atom. The number of H-pyrrole nitrogens is 1. The van der Waals surface area contributed by atoms with Crippen molar-refractivity contribution < 1.29 is 4.92 Å². The molecule has 0 spiro atoms. The smallest absolute Gasteiger partial charge is 0.271 e. The zero-order valence-electron chi connectivity index (χ0n) is 13.1. The van der Waals surface area contributed by atoms with Gasteiger partial charge in [0, 0.05) is 35.8 Å². The van der Waals surface area contributed by atoms with E-state index in [9.17, 15) is 10.1 Å². The topological polar surface area (TPSA) is 83.0 Å². The average molecular weight is 375 g/mol. The Balaban J connectivity index is 1.58. The Bertz CT molecular complexity index is 941. The third-order valence-electron chi connectivity index (χ3n) is 3.76. The minimum atomic E-state index is -0.477. The predicted molar refractivity (Wildman–Crippen MR) is 104 cm³/mol. The quantitative estimate of drug-likeness (QED) is 0.353. The molecule has 3 aromatic rings. The Morgan fingerprint density at radius 3 is 2.88 bits per heavy atom. The molecule has 0 amide bonds. The van der Waals surface area contributed by atoms with Gasteiger partial charge in [0.25, 0.3) is 5.69 Å². The largest absolute Gasteiger partial charge is 0.362 e. The molecule has 6 nitrogen and oxygen atoms in total. The fourth-order valence-electron chi connectivity index (χ4n) is 2.54. The van der Waals surface area contributed by atoms with E-state index >= 15 is 0 Å². The van der Waals surface area contributed by atoms with E-state index in [1.807, 2.05) is 24.4 Å². The summed E-state index contributed by atoms with van der Waals surface area (Å²) in [4.78, 5) is 13.6. The van der Waals surface area contributed by atoms with Crippen LogP contribution in [0.25, 0.3) is 10.9 Å². The van der Waals surface area contributed by atoms with E-state index in [4.69, 9.17) is 23.8 Å². The predicted octanol–water partition coefficient (Wildman–Crippen LogP) is 4.26. The number of para-hydroxylation sites is 1. The molecule has 0 aliphatic rings. The number of fused-ring (bicyclic) bond motifs is 1.